The molecule has 0 bridgehead atoms. The lowest BCUT2D eigenvalue weighted by Crippen LogP contribution is -2.13. The second-order valence-electron chi connectivity index (χ2n) is 8.39. The number of fused-ring (bicyclic) bond motifs is 2. The van der Waals surface area contributed by atoms with Gasteiger partial charge in [-0.25, -0.2) is 9.78 Å². The second kappa shape index (κ2) is 11.0. The summed E-state index contributed by atoms with van der Waals surface area (Å²) >= 11 is 0. The number of benzene rings is 4. The molecular weight excluding hydrogens is 466 g/mol. The summed E-state index contributed by atoms with van der Waals surface area (Å²) in [5.41, 5.74) is 2.81. The van der Waals surface area contributed by atoms with E-state index in [0.717, 1.165) is 38.7 Å². The summed E-state index contributed by atoms with van der Waals surface area (Å²) in [6.07, 6.45) is 0. The summed E-state index contributed by atoms with van der Waals surface area (Å²) < 4.78 is 22.1. The Morgan fingerprint density at radius 3 is 2.24 bits per heavy atom. The number of rotatable bonds is 9. The number of ether oxygens (including phenoxy) is 4. The van der Waals surface area contributed by atoms with Gasteiger partial charge >= 0.3 is 5.97 Å². The van der Waals surface area contributed by atoms with Gasteiger partial charge in [0, 0.05) is 10.9 Å². The maximum Gasteiger partial charge on any atom is 0.339 e. The maximum absolute atomic E-state index is 13.1. The molecule has 0 unspecified atom stereocenters. The molecule has 6 heteroatoms. The molecule has 0 saturated carbocycles. The van der Waals surface area contributed by atoms with Crippen LogP contribution in [0.1, 0.15) is 17.3 Å². The van der Waals surface area contributed by atoms with E-state index in [0.29, 0.717) is 23.6 Å². The van der Waals surface area contributed by atoms with E-state index in [1.54, 1.807) is 13.2 Å². The summed E-state index contributed by atoms with van der Waals surface area (Å²) in [6.45, 7) is 2.91. The number of para-hydroxylation sites is 1. The standard InChI is InChI=1S/C31H27NO5/c1-3-35-24-12-14-25(15-13-24)36-16-17-37-31(33)28-20-30(32-29-7-5-4-6-27(28)29)23-9-8-22-19-26(34-2)11-10-21(22)18-23/h4-15,18-20H,3,16-17H2,1-2H3. The number of carbonyl (C=O) groups is 1. The fourth-order valence-corrected chi connectivity index (χ4v) is 4.17. The normalized spacial score (nSPS) is 10.9. The van der Waals surface area contributed by atoms with Gasteiger partial charge < -0.3 is 18.9 Å². The number of hydrogen-bond acceptors (Lipinski definition) is 6. The van der Waals surface area contributed by atoms with E-state index in [9.17, 15) is 4.79 Å². The van der Waals surface area contributed by atoms with E-state index >= 15 is 0 Å². The number of methoxy groups -OCH3 is 1. The zero-order chi connectivity index (χ0) is 25.6. The van der Waals surface area contributed by atoms with Crippen LogP contribution >= 0.6 is 0 Å². The monoisotopic (exact) mass is 493 g/mol. The molecule has 186 valence electrons. The molecule has 0 fully saturated rings. The van der Waals surface area contributed by atoms with Gasteiger partial charge in [-0.15, -0.1) is 0 Å². The van der Waals surface area contributed by atoms with Crippen LogP contribution in [-0.4, -0.2) is 37.9 Å². The smallest absolute Gasteiger partial charge is 0.339 e. The molecule has 0 atom stereocenters. The van der Waals surface area contributed by atoms with E-state index in [2.05, 4.69) is 6.07 Å². The molecule has 1 aromatic heterocycles. The molecule has 1 heterocycles. The largest absolute Gasteiger partial charge is 0.497 e. The molecule has 0 N–H and O–H groups in total. The summed E-state index contributed by atoms with van der Waals surface area (Å²) in [7, 11) is 1.65. The Balaban J connectivity index is 1.34. The molecule has 0 saturated heterocycles. The Hall–Kier alpha value is -4.58. The van der Waals surface area contributed by atoms with E-state index < -0.39 is 5.97 Å². The minimum Gasteiger partial charge on any atom is -0.497 e. The Morgan fingerprint density at radius 1 is 0.757 bits per heavy atom. The Morgan fingerprint density at radius 2 is 1.46 bits per heavy atom. The first-order valence-corrected chi connectivity index (χ1v) is 12.2. The zero-order valence-corrected chi connectivity index (χ0v) is 20.8. The van der Waals surface area contributed by atoms with Gasteiger partial charge in [0.15, 0.2) is 0 Å². The molecule has 0 aliphatic heterocycles. The predicted molar refractivity (Wildman–Crippen MR) is 145 cm³/mol. The number of aromatic nitrogens is 1. The molecule has 0 amide bonds. The lowest BCUT2D eigenvalue weighted by atomic mass is 10.0. The van der Waals surface area contributed by atoms with Gasteiger partial charge in [0.05, 0.1) is 30.5 Å². The van der Waals surface area contributed by atoms with Crippen molar-refractivity contribution in [2.24, 2.45) is 0 Å². The van der Waals surface area contributed by atoms with Crippen molar-refractivity contribution in [3.63, 3.8) is 0 Å². The van der Waals surface area contributed by atoms with Crippen molar-refractivity contribution in [2.75, 3.05) is 26.9 Å². The predicted octanol–water partition coefficient (Wildman–Crippen LogP) is 6.70. The minimum absolute atomic E-state index is 0.121. The third-order valence-electron chi connectivity index (χ3n) is 6.00. The van der Waals surface area contributed by atoms with Crippen molar-refractivity contribution >= 4 is 27.6 Å². The molecule has 4 aromatic carbocycles. The molecule has 0 aliphatic rings. The molecule has 6 nitrogen and oxygen atoms in total. The van der Waals surface area contributed by atoms with E-state index in [-0.39, 0.29) is 13.2 Å². The van der Waals surface area contributed by atoms with Crippen molar-refractivity contribution in [3.8, 4) is 28.5 Å². The number of hydrogen-bond donors (Lipinski definition) is 0. The second-order valence-corrected chi connectivity index (χ2v) is 8.39. The summed E-state index contributed by atoms with van der Waals surface area (Å²) in [5, 5.41) is 2.87. The van der Waals surface area contributed by atoms with E-state index in [4.69, 9.17) is 23.9 Å². The van der Waals surface area contributed by atoms with Crippen LogP contribution in [-0.2, 0) is 4.74 Å². The summed E-state index contributed by atoms with van der Waals surface area (Å²) in [6, 6.07) is 28.7. The average molecular weight is 494 g/mol. The highest BCUT2D eigenvalue weighted by molar-refractivity contribution is 6.04. The van der Waals surface area contributed by atoms with Crippen molar-refractivity contribution < 1.29 is 23.7 Å². The molecule has 5 aromatic rings. The fraction of sp³-hybridized carbons (Fsp3) is 0.161. The maximum atomic E-state index is 13.1. The molecule has 0 spiro atoms. The number of pyridine rings is 1. The first-order chi connectivity index (χ1) is 18.1. The van der Waals surface area contributed by atoms with Crippen molar-refractivity contribution in [1.29, 1.82) is 0 Å². The molecule has 5 rings (SSSR count). The van der Waals surface area contributed by atoms with Gasteiger partial charge in [-0.2, -0.15) is 0 Å². The van der Waals surface area contributed by atoms with Gasteiger partial charge in [-0.05, 0) is 72.3 Å². The Labute approximate surface area is 215 Å². The number of carbonyl (C=O) groups excluding carboxylic acids is 1. The van der Waals surface area contributed by atoms with Crippen LogP contribution in [0, 0.1) is 0 Å². The minimum atomic E-state index is -0.416. The average Bonchev–Trinajstić information content (AvgIpc) is 2.95. The van der Waals surface area contributed by atoms with E-state index in [1.807, 2.05) is 85.8 Å². The van der Waals surface area contributed by atoms with Crippen LogP contribution in [0.25, 0.3) is 32.9 Å². The fourth-order valence-electron chi connectivity index (χ4n) is 4.17. The SMILES string of the molecule is CCOc1ccc(OCCOC(=O)c2cc(-c3ccc4cc(OC)ccc4c3)nc3ccccc23)cc1. The molecule has 37 heavy (non-hydrogen) atoms. The third kappa shape index (κ3) is 5.48. The van der Waals surface area contributed by atoms with Gasteiger partial charge in [-0.3, -0.25) is 0 Å². The Kier molecular flexibility index (Phi) is 7.17. The lowest BCUT2D eigenvalue weighted by Gasteiger charge is -2.12. The molecule has 0 radical (unpaired) electrons. The zero-order valence-electron chi connectivity index (χ0n) is 20.8. The van der Waals surface area contributed by atoms with Gasteiger partial charge in [0.2, 0.25) is 0 Å². The molecule has 0 aliphatic carbocycles. The summed E-state index contributed by atoms with van der Waals surface area (Å²) in [5.74, 6) is 1.86. The summed E-state index contributed by atoms with van der Waals surface area (Å²) in [4.78, 5) is 17.9. The van der Waals surface area contributed by atoms with Gasteiger partial charge in [0.25, 0.3) is 0 Å². The number of nitrogens with zero attached hydrogens (tertiary/aromatic N) is 1. The quantitative estimate of drug-likeness (QED) is 0.168. The van der Waals surface area contributed by atoms with Crippen LogP contribution in [0.3, 0.4) is 0 Å². The number of esters is 1. The highest BCUT2D eigenvalue weighted by Gasteiger charge is 2.16. The van der Waals surface area contributed by atoms with Crippen molar-refractivity contribution in [2.45, 2.75) is 6.92 Å². The highest BCUT2D eigenvalue weighted by Crippen LogP contribution is 2.29. The van der Waals surface area contributed by atoms with Crippen LogP contribution in [0.2, 0.25) is 0 Å². The van der Waals surface area contributed by atoms with Crippen LogP contribution in [0.4, 0.5) is 0 Å². The van der Waals surface area contributed by atoms with E-state index in [1.165, 1.54) is 0 Å². The third-order valence-corrected chi connectivity index (χ3v) is 6.00. The van der Waals surface area contributed by atoms with Crippen molar-refractivity contribution in [1.82, 2.24) is 4.98 Å². The van der Waals surface area contributed by atoms with Crippen LogP contribution in [0.5, 0.6) is 17.2 Å². The molecular formula is C31H27NO5. The Bertz CT molecular complexity index is 1550. The first kappa shape index (κ1) is 24.1. The van der Waals surface area contributed by atoms with Gasteiger partial charge in [-0.1, -0.05) is 36.4 Å². The highest BCUT2D eigenvalue weighted by atomic mass is 16.6. The first-order valence-electron chi connectivity index (χ1n) is 12.2. The topological polar surface area (TPSA) is 66.9 Å². The van der Waals surface area contributed by atoms with Crippen LogP contribution < -0.4 is 14.2 Å². The van der Waals surface area contributed by atoms with Crippen LogP contribution in [0.15, 0.2) is 91.0 Å². The van der Waals surface area contributed by atoms with Gasteiger partial charge in [0.1, 0.15) is 30.5 Å². The lowest BCUT2D eigenvalue weighted by molar-refractivity contribution is 0.0452. The van der Waals surface area contributed by atoms with Crippen molar-refractivity contribution in [3.05, 3.63) is 96.6 Å².